The summed E-state index contributed by atoms with van der Waals surface area (Å²) in [6, 6.07) is 10.4. The van der Waals surface area contributed by atoms with E-state index in [0.29, 0.717) is 37.7 Å². The number of anilines is 3. The SMILES string of the molecule is Nc1ccc(NC(=S)Nc2ccc(S(=O)(=O)N3CCOCC3)cc2)cc1[N+](=O)[O-]. The van der Waals surface area contributed by atoms with Crippen LogP contribution in [0.25, 0.3) is 0 Å². The molecule has 1 aliphatic heterocycles. The standard InChI is InChI=1S/C17H19N5O5S2/c18-15-6-3-13(11-16(15)22(23)24)20-17(28)19-12-1-4-14(5-2-12)29(25,26)21-7-9-27-10-8-21/h1-6,11H,7-10,18H2,(H2,19,20,28). The Bertz CT molecular complexity index is 1020. The maximum Gasteiger partial charge on any atom is 0.294 e. The fourth-order valence-electron chi connectivity index (χ4n) is 2.72. The Kier molecular flexibility index (Phi) is 6.27. The Balaban J connectivity index is 1.66. The predicted octanol–water partition coefficient (Wildman–Crippen LogP) is 2.01. The minimum atomic E-state index is -3.57. The van der Waals surface area contributed by atoms with E-state index in [4.69, 9.17) is 22.7 Å². The number of nitrogen functional groups attached to an aromatic ring is 1. The molecular weight excluding hydrogens is 418 g/mol. The fraction of sp³-hybridized carbons (Fsp3) is 0.235. The number of nitro groups is 1. The highest BCUT2D eigenvalue weighted by Gasteiger charge is 2.26. The molecule has 4 N–H and O–H groups in total. The fourth-order valence-corrected chi connectivity index (χ4v) is 4.36. The van der Waals surface area contributed by atoms with E-state index in [9.17, 15) is 18.5 Å². The summed E-state index contributed by atoms with van der Waals surface area (Å²) in [6.07, 6.45) is 0. The quantitative estimate of drug-likeness (QED) is 0.277. The van der Waals surface area contributed by atoms with Gasteiger partial charge < -0.3 is 21.1 Å². The van der Waals surface area contributed by atoms with Crippen LogP contribution in [0.5, 0.6) is 0 Å². The molecule has 10 nitrogen and oxygen atoms in total. The lowest BCUT2D eigenvalue weighted by molar-refractivity contribution is -0.383. The van der Waals surface area contributed by atoms with Gasteiger partial charge in [0.25, 0.3) is 5.69 Å². The predicted molar refractivity (Wildman–Crippen MR) is 113 cm³/mol. The monoisotopic (exact) mass is 437 g/mol. The molecular formula is C17H19N5O5S2. The van der Waals surface area contributed by atoms with Gasteiger partial charge in [-0.2, -0.15) is 4.31 Å². The van der Waals surface area contributed by atoms with Crippen molar-refractivity contribution in [3.8, 4) is 0 Å². The van der Waals surface area contributed by atoms with Crippen LogP contribution in [0.4, 0.5) is 22.7 Å². The highest BCUT2D eigenvalue weighted by molar-refractivity contribution is 7.89. The zero-order chi connectivity index (χ0) is 21.0. The number of nitrogens with two attached hydrogens (primary N) is 1. The first kappa shape index (κ1) is 20.9. The molecule has 0 radical (unpaired) electrons. The Labute approximate surface area is 172 Å². The molecule has 29 heavy (non-hydrogen) atoms. The second-order valence-electron chi connectivity index (χ2n) is 6.15. The van der Waals surface area contributed by atoms with Gasteiger partial charge in [-0.3, -0.25) is 10.1 Å². The molecule has 2 aromatic carbocycles. The second-order valence-corrected chi connectivity index (χ2v) is 8.50. The number of benzene rings is 2. The van der Waals surface area contributed by atoms with Crippen molar-refractivity contribution in [2.45, 2.75) is 4.90 Å². The molecule has 0 spiro atoms. The van der Waals surface area contributed by atoms with Gasteiger partial charge in [0, 0.05) is 30.5 Å². The number of nitrogens with one attached hydrogen (secondary N) is 2. The maximum absolute atomic E-state index is 12.6. The summed E-state index contributed by atoms with van der Waals surface area (Å²) in [5, 5.41) is 16.9. The summed E-state index contributed by atoms with van der Waals surface area (Å²) in [5.74, 6) is 0. The molecule has 0 aliphatic carbocycles. The highest BCUT2D eigenvalue weighted by Crippen LogP contribution is 2.25. The number of ether oxygens (including phenoxy) is 1. The largest absolute Gasteiger partial charge is 0.393 e. The Morgan fingerprint density at radius 2 is 1.69 bits per heavy atom. The van der Waals surface area contributed by atoms with Crippen molar-refractivity contribution in [1.82, 2.24) is 4.31 Å². The van der Waals surface area contributed by atoms with Gasteiger partial charge in [-0.25, -0.2) is 8.42 Å². The second kappa shape index (κ2) is 8.69. The van der Waals surface area contributed by atoms with Crippen molar-refractivity contribution in [1.29, 1.82) is 0 Å². The molecule has 2 aromatic rings. The van der Waals surface area contributed by atoms with Gasteiger partial charge in [-0.1, -0.05) is 0 Å². The summed E-state index contributed by atoms with van der Waals surface area (Å²) in [6.45, 7) is 1.40. The van der Waals surface area contributed by atoms with Crippen molar-refractivity contribution in [2.24, 2.45) is 0 Å². The van der Waals surface area contributed by atoms with Gasteiger partial charge >= 0.3 is 0 Å². The molecule has 1 saturated heterocycles. The Morgan fingerprint density at radius 3 is 2.31 bits per heavy atom. The first-order valence-corrected chi connectivity index (χ1v) is 10.4. The first-order chi connectivity index (χ1) is 13.8. The number of hydrogen-bond donors (Lipinski definition) is 3. The maximum atomic E-state index is 12.6. The van der Waals surface area contributed by atoms with E-state index in [1.807, 2.05) is 0 Å². The van der Waals surface area contributed by atoms with Gasteiger partial charge in [0.1, 0.15) is 5.69 Å². The van der Waals surface area contributed by atoms with Gasteiger partial charge in [-0.05, 0) is 48.6 Å². The third-order valence-electron chi connectivity index (χ3n) is 4.21. The molecule has 12 heteroatoms. The topological polar surface area (TPSA) is 140 Å². The molecule has 3 rings (SSSR count). The lowest BCUT2D eigenvalue weighted by Crippen LogP contribution is -2.40. The highest BCUT2D eigenvalue weighted by atomic mass is 32.2. The van der Waals surface area contributed by atoms with Crippen molar-refractivity contribution in [3.63, 3.8) is 0 Å². The Hall–Kier alpha value is -2.80. The summed E-state index contributed by atoms with van der Waals surface area (Å²) in [5.41, 5.74) is 6.36. The molecule has 0 aromatic heterocycles. The third kappa shape index (κ3) is 4.98. The number of thiocarbonyl (C=S) groups is 1. The van der Waals surface area contributed by atoms with Crippen molar-refractivity contribution < 1.29 is 18.1 Å². The lowest BCUT2D eigenvalue weighted by atomic mass is 10.2. The zero-order valence-electron chi connectivity index (χ0n) is 15.2. The van der Waals surface area contributed by atoms with Crippen LogP contribution in [0, 0.1) is 10.1 Å². The summed E-state index contributed by atoms with van der Waals surface area (Å²) in [7, 11) is -3.57. The van der Waals surface area contributed by atoms with E-state index in [2.05, 4.69) is 10.6 Å². The van der Waals surface area contributed by atoms with Crippen LogP contribution in [-0.4, -0.2) is 49.1 Å². The van der Waals surface area contributed by atoms with Gasteiger partial charge in [0.2, 0.25) is 10.0 Å². The van der Waals surface area contributed by atoms with Crippen LogP contribution >= 0.6 is 12.2 Å². The smallest absolute Gasteiger partial charge is 0.294 e. The number of nitrogens with zero attached hydrogens (tertiary/aromatic N) is 2. The number of hydrogen-bond acceptors (Lipinski definition) is 7. The van der Waals surface area contributed by atoms with E-state index in [1.54, 1.807) is 18.2 Å². The number of rotatable bonds is 5. The third-order valence-corrected chi connectivity index (χ3v) is 6.32. The van der Waals surface area contributed by atoms with Crippen LogP contribution < -0.4 is 16.4 Å². The average Bonchev–Trinajstić information content (AvgIpc) is 2.70. The molecule has 0 unspecified atom stereocenters. The Morgan fingerprint density at radius 1 is 1.10 bits per heavy atom. The molecule has 0 saturated carbocycles. The molecule has 1 aliphatic rings. The molecule has 0 amide bonds. The molecule has 0 bridgehead atoms. The van der Waals surface area contributed by atoms with Crippen LogP contribution in [0.15, 0.2) is 47.4 Å². The van der Waals surface area contributed by atoms with Gasteiger partial charge in [0.15, 0.2) is 5.11 Å². The molecule has 1 heterocycles. The summed E-state index contributed by atoms with van der Waals surface area (Å²) >= 11 is 5.20. The zero-order valence-corrected chi connectivity index (χ0v) is 16.8. The average molecular weight is 438 g/mol. The molecule has 0 atom stereocenters. The van der Waals surface area contributed by atoms with Crippen LogP contribution in [0.2, 0.25) is 0 Å². The van der Waals surface area contributed by atoms with E-state index < -0.39 is 14.9 Å². The van der Waals surface area contributed by atoms with E-state index in [1.165, 1.54) is 28.6 Å². The van der Waals surface area contributed by atoms with Crippen molar-refractivity contribution in [3.05, 3.63) is 52.6 Å². The van der Waals surface area contributed by atoms with Crippen LogP contribution in [0.1, 0.15) is 0 Å². The molecule has 154 valence electrons. The normalized spacial score (nSPS) is 14.9. The van der Waals surface area contributed by atoms with E-state index in [0.717, 1.165) is 0 Å². The summed E-state index contributed by atoms with van der Waals surface area (Å²) < 4.78 is 31.8. The van der Waals surface area contributed by atoms with Crippen LogP contribution in [0.3, 0.4) is 0 Å². The summed E-state index contributed by atoms with van der Waals surface area (Å²) in [4.78, 5) is 10.6. The van der Waals surface area contributed by atoms with Crippen molar-refractivity contribution in [2.75, 3.05) is 42.7 Å². The van der Waals surface area contributed by atoms with Crippen molar-refractivity contribution >= 4 is 50.1 Å². The minimum absolute atomic E-state index is 0.0523. The number of morpholine rings is 1. The minimum Gasteiger partial charge on any atom is -0.393 e. The van der Waals surface area contributed by atoms with Gasteiger partial charge in [0.05, 0.1) is 23.0 Å². The lowest BCUT2D eigenvalue weighted by Gasteiger charge is -2.26. The van der Waals surface area contributed by atoms with Gasteiger partial charge in [-0.15, -0.1) is 0 Å². The van der Waals surface area contributed by atoms with E-state index >= 15 is 0 Å². The van der Waals surface area contributed by atoms with Crippen LogP contribution in [-0.2, 0) is 14.8 Å². The first-order valence-electron chi connectivity index (χ1n) is 8.57. The molecule has 1 fully saturated rings. The number of nitro benzene ring substituents is 1. The van der Waals surface area contributed by atoms with E-state index in [-0.39, 0.29) is 21.4 Å². The number of sulfonamides is 1.